The molecule has 1 aliphatic carbocycles. The number of rotatable bonds is 4. The van der Waals surface area contributed by atoms with Crippen LogP contribution in [0.15, 0.2) is 12.4 Å². The molecule has 0 bridgehead atoms. The van der Waals surface area contributed by atoms with E-state index < -0.39 is 0 Å². The molecule has 25 heavy (non-hydrogen) atoms. The molecular weight excluding hydrogens is 314 g/mol. The SMILES string of the molecule is Cn1nc([C@@H]2CCCN(C(=O)CCC3CCCC3)C2)c2nccnc21. The van der Waals surface area contributed by atoms with Crippen molar-refractivity contribution in [3.05, 3.63) is 18.1 Å². The van der Waals surface area contributed by atoms with Crippen molar-refractivity contribution in [3.63, 3.8) is 0 Å². The number of aromatic nitrogens is 4. The third-order valence-electron chi connectivity index (χ3n) is 5.89. The molecule has 1 aliphatic heterocycles. The molecule has 6 nitrogen and oxygen atoms in total. The van der Waals surface area contributed by atoms with Gasteiger partial charge in [0.1, 0.15) is 5.52 Å². The molecule has 134 valence electrons. The van der Waals surface area contributed by atoms with E-state index in [1.807, 2.05) is 7.05 Å². The van der Waals surface area contributed by atoms with E-state index in [0.29, 0.717) is 12.3 Å². The summed E-state index contributed by atoms with van der Waals surface area (Å²) in [6.45, 7) is 1.66. The number of likely N-dealkylation sites (tertiary alicyclic amines) is 1. The van der Waals surface area contributed by atoms with Crippen LogP contribution in [0.1, 0.15) is 63.0 Å². The average molecular weight is 341 g/mol. The number of nitrogens with zero attached hydrogens (tertiary/aromatic N) is 5. The van der Waals surface area contributed by atoms with Crippen molar-refractivity contribution in [1.29, 1.82) is 0 Å². The normalized spacial score (nSPS) is 22.0. The van der Waals surface area contributed by atoms with Gasteiger partial charge in [0.25, 0.3) is 0 Å². The van der Waals surface area contributed by atoms with Crippen molar-refractivity contribution < 1.29 is 4.79 Å². The molecule has 6 heteroatoms. The molecular formula is C19H27N5O. The Morgan fingerprint density at radius 2 is 1.96 bits per heavy atom. The predicted octanol–water partition coefficient (Wildman–Crippen LogP) is 3.04. The Kier molecular flexibility index (Phi) is 4.68. The van der Waals surface area contributed by atoms with E-state index >= 15 is 0 Å². The number of hydrogen-bond acceptors (Lipinski definition) is 4. The lowest BCUT2D eigenvalue weighted by Gasteiger charge is -2.32. The first-order valence-corrected chi connectivity index (χ1v) is 9.64. The summed E-state index contributed by atoms with van der Waals surface area (Å²) in [5.74, 6) is 1.37. The molecule has 1 saturated heterocycles. The second kappa shape index (κ2) is 7.10. The number of aryl methyl sites for hydroxylation is 1. The highest BCUT2D eigenvalue weighted by molar-refractivity contribution is 5.77. The van der Waals surface area contributed by atoms with Crippen LogP contribution in [-0.2, 0) is 11.8 Å². The molecule has 0 N–H and O–H groups in total. The van der Waals surface area contributed by atoms with E-state index in [1.54, 1.807) is 17.1 Å². The van der Waals surface area contributed by atoms with Crippen LogP contribution in [-0.4, -0.2) is 43.6 Å². The standard InChI is InChI=1S/C19H27N5O/c1-23-19-18(20-10-11-21-19)17(22-23)15-7-4-12-24(13-15)16(25)9-8-14-5-2-3-6-14/h10-11,14-15H,2-9,12-13H2,1H3/t15-/m1/s1. The molecule has 3 heterocycles. The number of carbonyl (C=O) groups excluding carboxylic acids is 1. The zero-order valence-electron chi connectivity index (χ0n) is 15.0. The Bertz CT molecular complexity index is 749. The molecule has 2 fully saturated rings. The Morgan fingerprint density at radius 3 is 2.80 bits per heavy atom. The lowest BCUT2D eigenvalue weighted by Crippen LogP contribution is -2.39. The van der Waals surface area contributed by atoms with Crippen LogP contribution >= 0.6 is 0 Å². The zero-order valence-corrected chi connectivity index (χ0v) is 15.0. The summed E-state index contributed by atoms with van der Waals surface area (Å²) < 4.78 is 1.80. The van der Waals surface area contributed by atoms with Gasteiger partial charge in [-0.15, -0.1) is 0 Å². The van der Waals surface area contributed by atoms with Crippen LogP contribution < -0.4 is 0 Å². The minimum absolute atomic E-state index is 0.268. The van der Waals surface area contributed by atoms with Gasteiger partial charge in [-0.25, -0.2) is 14.6 Å². The summed E-state index contributed by atoms with van der Waals surface area (Å²) in [5.41, 5.74) is 2.70. The Balaban J connectivity index is 1.44. The van der Waals surface area contributed by atoms with Gasteiger partial charge in [-0.1, -0.05) is 25.7 Å². The fourth-order valence-electron chi connectivity index (χ4n) is 4.49. The summed E-state index contributed by atoms with van der Waals surface area (Å²) in [4.78, 5) is 23.6. The van der Waals surface area contributed by atoms with Gasteiger partial charge in [0.2, 0.25) is 5.91 Å². The zero-order chi connectivity index (χ0) is 17.2. The monoisotopic (exact) mass is 341 g/mol. The van der Waals surface area contributed by atoms with Gasteiger partial charge < -0.3 is 4.90 Å². The molecule has 2 aromatic heterocycles. The first-order valence-electron chi connectivity index (χ1n) is 9.64. The molecule has 0 spiro atoms. The fourth-order valence-corrected chi connectivity index (χ4v) is 4.49. The van der Waals surface area contributed by atoms with Crippen LogP contribution in [0.3, 0.4) is 0 Å². The maximum atomic E-state index is 12.7. The maximum absolute atomic E-state index is 12.7. The summed E-state index contributed by atoms with van der Waals surface area (Å²) in [6, 6.07) is 0. The topological polar surface area (TPSA) is 63.9 Å². The van der Waals surface area contributed by atoms with E-state index in [1.165, 1.54) is 25.7 Å². The summed E-state index contributed by atoms with van der Waals surface area (Å²) in [7, 11) is 1.91. The van der Waals surface area contributed by atoms with Gasteiger partial charge in [0.15, 0.2) is 5.65 Å². The first kappa shape index (κ1) is 16.5. The quantitative estimate of drug-likeness (QED) is 0.857. The average Bonchev–Trinajstić information content (AvgIpc) is 3.28. The Morgan fingerprint density at radius 1 is 1.16 bits per heavy atom. The predicted molar refractivity (Wildman–Crippen MR) is 96.1 cm³/mol. The summed E-state index contributed by atoms with van der Waals surface area (Å²) in [5, 5.41) is 4.67. The lowest BCUT2D eigenvalue weighted by atomic mass is 9.93. The molecule has 4 rings (SSSR count). The number of fused-ring (bicyclic) bond motifs is 1. The fraction of sp³-hybridized carbons (Fsp3) is 0.684. The van der Waals surface area contributed by atoms with Crippen molar-refractivity contribution in [3.8, 4) is 0 Å². The van der Waals surface area contributed by atoms with Gasteiger partial charge in [-0.2, -0.15) is 5.10 Å². The van der Waals surface area contributed by atoms with Crippen molar-refractivity contribution in [2.75, 3.05) is 13.1 Å². The lowest BCUT2D eigenvalue weighted by molar-refractivity contribution is -0.132. The number of carbonyl (C=O) groups is 1. The van der Waals surface area contributed by atoms with E-state index in [0.717, 1.165) is 55.1 Å². The Labute approximate surface area is 148 Å². The minimum atomic E-state index is 0.268. The van der Waals surface area contributed by atoms with Gasteiger partial charge in [-0.3, -0.25) is 4.79 Å². The second-order valence-corrected chi connectivity index (χ2v) is 7.61. The van der Waals surface area contributed by atoms with Crippen LogP contribution in [0.25, 0.3) is 11.2 Å². The van der Waals surface area contributed by atoms with Crippen molar-refractivity contribution in [1.82, 2.24) is 24.6 Å². The second-order valence-electron chi connectivity index (χ2n) is 7.61. The van der Waals surface area contributed by atoms with Crippen LogP contribution in [0, 0.1) is 5.92 Å². The molecule has 1 saturated carbocycles. The third kappa shape index (κ3) is 3.39. The first-order chi connectivity index (χ1) is 12.2. The molecule has 0 radical (unpaired) electrons. The van der Waals surface area contributed by atoms with Gasteiger partial charge in [0.05, 0.1) is 5.69 Å². The number of piperidine rings is 1. The highest BCUT2D eigenvalue weighted by Gasteiger charge is 2.29. The third-order valence-corrected chi connectivity index (χ3v) is 5.89. The highest BCUT2D eigenvalue weighted by Crippen LogP contribution is 2.31. The minimum Gasteiger partial charge on any atom is -0.342 e. The summed E-state index contributed by atoms with van der Waals surface area (Å²) >= 11 is 0. The highest BCUT2D eigenvalue weighted by atomic mass is 16.2. The summed E-state index contributed by atoms with van der Waals surface area (Å²) in [6.07, 6.45) is 12.6. The molecule has 1 amide bonds. The molecule has 2 aliphatic rings. The van der Waals surface area contributed by atoms with Crippen molar-refractivity contribution in [2.24, 2.45) is 13.0 Å². The molecule has 2 aromatic rings. The van der Waals surface area contributed by atoms with Gasteiger partial charge in [0, 0.05) is 44.9 Å². The van der Waals surface area contributed by atoms with Crippen LogP contribution in [0.5, 0.6) is 0 Å². The molecule has 0 aromatic carbocycles. The number of hydrogen-bond donors (Lipinski definition) is 0. The van der Waals surface area contributed by atoms with Gasteiger partial charge in [-0.05, 0) is 25.2 Å². The largest absolute Gasteiger partial charge is 0.342 e. The van der Waals surface area contributed by atoms with Crippen LogP contribution in [0.2, 0.25) is 0 Å². The van der Waals surface area contributed by atoms with Crippen LogP contribution in [0.4, 0.5) is 0 Å². The van der Waals surface area contributed by atoms with E-state index in [9.17, 15) is 4.79 Å². The molecule has 0 unspecified atom stereocenters. The van der Waals surface area contributed by atoms with Crippen molar-refractivity contribution >= 4 is 17.1 Å². The van der Waals surface area contributed by atoms with E-state index in [4.69, 9.17) is 0 Å². The van der Waals surface area contributed by atoms with E-state index in [2.05, 4.69) is 20.0 Å². The Hall–Kier alpha value is -1.98. The van der Waals surface area contributed by atoms with Crippen molar-refractivity contribution in [2.45, 2.75) is 57.3 Å². The smallest absolute Gasteiger partial charge is 0.222 e. The van der Waals surface area contributed by atoms with Gasteiger partial charge >= 0.3 is 0 Å². The number of amides is 1. The van der Waals surface area contributed by atoms with E-state index in [-0.39, 0.29) is 5.92 Å². The molecule has 1 atom stereocenters. The maximum Gasteiger partial charge on any atom is 0.222 e.